The van der Waals surface area contributed by atoms with Crippen LogP contribution in [0.3, 0.4) is 0 Å². The van der Waals surface area contributed by atoms with E-state index in [1.807, 2.05) is 32.9 Å². The largest absolute Gasteiger partial charge is 1.00 e. The zero-order chi connectivity index (χ0) is 54.1. The van der Waals surface area contributed by atoms with Crippen molar-refractivity contribution in [2.24, 2.45) is 11.8 Å². The number of hydrogen-bond acceptors (Lipinski definition) is 18. The van der Waals surface area contributed by atoms with E-state index in [1.165, 1.54) is 33.1 Å². The number of hydrogen-bond donors (Lipinski definition) is 7. The number of aromatic hydroxyl groups is 2. The van der Waals surface area contributed by atoms with Gasteiger partial charge in [0.25, 0.3) is 0 Å². The predicted molar refractivity (Wildman–Crippen MR) is 265 cm³/mol. The van der Waals surface area contributed by atoms with E-state index in [4.69, 9.17) is 61.1 Å². The summed E-state index contributed by atoms with van der Waals surface area (Å²) in [5.74, 6) is -4.78. The fourth-order valence-electron chi connectivity index (χ4n) is 8.60. The van der Waals surface area contributed by atoms with Crippen molar-refractivity contribution in [3.63, 3.8) is 0 Å². The van der Waals surface area contributed by atoms with E-state index in [9.17, 15) is 50.1 Å². The first kappa shape index (κ1) is 65.0. The molecule has 3 aliphatic rings. The number of aliphatic hydroxyl groups is 5. The summed E-state index contributed by atoms with van der Waals surface area (Å²) >= 11 is 12.3. The number of phenolic OH excluding ortho intramolecular Hbond substituents is 2. The summed E-state index contributed by atoms with van der Waals surface area (Å²) in [5, 5.41) is 76.5. The zero-order valence-corrected chi connectivity index (χ0v) is 48.7. The van der Waals surface area contributed by atoms with E-state index in [1.54, 1.807) is 53.7 Å². The van der Waals surface area contributed by atoms with Gasteiger partial charge in [-0.1, -0.05) is 86.9 Å². The first-order valence-electron chi connectivity index (χ1n) is 24.2. The van der Waals surface area contributed by atoms with Crippen LogP contribution in [0.25, 0.3) is 0 Å². The fraction of sp³-hybridized carbons (Fsp3) is 0.635. The Balaban J connectivity index is 0.0000141. The maximum Gasteiger partial charge on any atom is 1.00 e. The number of phenols is 2. The van der Waals surface area contributed by atoms with E-state index >= 15 is 0 Å². The average Bonchev–Trinajstić information content (AvgIpc) is 3.32. The van der Waals surface area contributed by atoms with Crippen molar-refractivity contribution in [3.05, 3.63) is 79.9 Å². The third-order valence-corrected chi connectivity index (χ3v) is 13.8. The summed E-state index contributed by atoms with van der Waals surface area (Å²) in [4.78, 5) is 40.0. The number of esters is 3. The van der Waals surface area contributed by atoms with Crippen LogP contribution < -0.4 is 51.4 Å². The molecule has 73 heavy (non-hydrogen) atoms. The average molecular weight is 1100 g/mol. The number of cyclic esters (lactones) is 1. The molecule has 1 aromatic carbocycles. The molecule has 7 N–H and O–H groups in total. The monoisotopic (exact) mass is 1100 g/mol. The van der Waals surface area contributed by atoms with Gasteiger partial charge in [-0.3, -0.25) is 4.79 Å². The first-order chi connectivity index (χ1) is 33.7. The summed E-state index contributed by atoms with van der Waals surface area (Å²) in [6.45, 7) is 18.1. The minimum Gasteiger partial charge on any atom is -0.505 e. The van der Waals surface area contributed by atoms with Crippen molar-refractivity contribution in [1.29, 1.82) is 0 Å². The van der Waals surface area contributed by atoms with Gasteiger partial charge in [-0.25, -0.2) is 9.59 Å². The Bertz CT molecular complexity index is 2220. The van der Waals surface area contributed by atoms with Crippen LogP contribution in [-0.2, 0) is 53.9 Å². The molecule has 2 fully saturated rings. The number of halogens is 2. The molecule has 14 atom stereocenters. The summed E-state index contributed by atoms with van der Waals surface area (Å²) < 4.78 is 47.5. The van der Waals surface area contributed by atoms with E-state index in [-0.39, 0.29) is 86.8 Å². The van der Waals surface area contributed by atoms with Gasteiger partial charge < -0.3 is 73.6 Å². The number of allylic oxidation sites excluding steroid dienone is 4. The van der Waals surface area contributed by atoms with Crippen LogP contribution in [0, 0.1) is 11.8 Å². The number of rotatable bonds is 13. The van der Waals surface area contributed by atoms with Gasteiger partial charge >= 0.3 is 69.3 Å². The molecule has 0 bridgehead atoms. The van der Waals surface area contributed by atoms with Crippen LogP contribution in [0.2, 0.25) is 10.0 Å². The summed E-state index contributed by atoms with van der Waals surface area (Å²) in [6.07, 6.45) is -5.45. The minimum absolute atomic E-state index is 0. The van der Waals surface area contributed by atoms with Crippen LogP contribution in [0.1, 0.15) is 111 Å². The number of methoxy groups -OCH3 is 1. The molecule has 0 spiro atoms. The van der Waals surface area contributed by atoms with Crippen LogP contribution in [0.5, 0.6) is 11.5 Å². The molecule has 2 saturated heterocycles. The number of carbonyl (C=O) groups is 3. The van der Waals surface area contributed by atoms with Gasteiger partial charge in [0, 0.05) is 19.4 Å². The third-order valence-electron chi connectivity index (χ3n) is 13.0. The van der Waals surface area contributed by atoms with Crippen molar-refractivity contribution >= 4 is 41.1 Å². The quantitative estimate of drug-likeness (QED) is 0.0647. The SMILES string of the molecule is CCc1c(Cl)c(O)c(Cl)c(O)c1C(=O)O[C@H]1[C@H](O)[C@H](OC)[C@H](OC/C2=C\C=C\C[C@H](O)/C(C)=C/[C@H](CC)[C@@H](O[C@@H]3OC(C)(C)[C@@H](OC(=O)C(C)C)[C@H](O)[C@@H]3O)/C(C)=C/C(C)=C/C[C@@H]([C@@H](C)O)OC2=O)O[C@@H]1C.[K+]. The van der Waals surface area contributed by atoms with Gasteiger partial charge in [-0.2, -0.15) is 0 Å². The van der Waals surface area contributed by atoms with Crippen LogP contribution >= 0.6 is 23.2 Å². The summed E-state index contributed by atoms with van der Waals surface area (Å²) in [7, 11) is 1.26. The Labute approximate surface area is 480 Å². The first-order valence-corrected chi connectivity index (χ1v) is 24.9. The van der Waals surface area contributed by atoms with Gasteiger partial charge in [0.2, 0.25) is 0 Å². The Hall–Kier alpha value is -2.25. The molecule has 1 aromatic rings. The number of aliphatic hydroxyl groups excluding tert-OH is 5. The minimum atomic E-state index is -1.61. The number of benzene rings is 1. The van der Waals surface area contributed by atoms with Gasteiger partial charge in [-0.15, -0.1) is 0 Å². The van der Waals surface area contributed by atoms with Crippen LogP contribution in [-0.4, -0.2) is 153 Å². The molecule has 0 amide bonds. The molecule has 0 saturated carbocycles. The predicted octanol–water partition coefficient (Wildman–Crippen LogP) is 3.24. The van der Waals surface area contributed by atoms with Gasteiger partial charge in [0.15, 0.2) is 36.3 Å². The van der Waals surface area contributed by atoms with Gasteiger partial charge in [0.05, 0.1) is 47.5 Å². The molecular formula is C52H74Cl2KO18+. The van der Waals surface area contributed by atoms with Crippen LogP contribution in [0.15, 0.2) is 58.7 Å². The van der Waals surface area contributed by atoms with Gasteiger partial charge in [-0.05, 0) is 90.5 Å². The second-order valence-electron chi connectivity index (χ2n) is 19.4. The molecule has 0 unspecified atom stereocenters. The molecule has 4 rings (SSSR count). The van der Waals surface area contributed by atoms with Crippen LogP contribution in [0.4, 0.5) is 0 Å². The van der Waals surface area contributed by atoms with Crippen molar-refractivity contribution in [1.82, 2.24) is 0 Å². The smallest absolute Gasteiger partial charge is 0.505 e. The Kier molecular flexibility index (Phi) is 25.8. The maximum absolute atomic E-state index is 13.9. The third kappa shape index (κ3) is 16.4. The molecule has 21 heteroatoms. The Morgan fingerprint density at radius 1 is 0.904 bits per heavy atom. The standard InChI is InChI=1S/C52H74Cl2O18.K/c1-13-30-22-26(6)33(56)18-16-15-17-31(23-66-51-45(65-12)42(61)44(29(9)67-51)69-49(64)35-32(14-2)36(53)39(58)37(54)38(35)57)48(63)68-34(28(8)55)20-19-25(5)21-27(7)43(30)70-50-41(60)40(59)46(52(10,11)72-50)71-47(62)24(3)4;/h15-17,19,21-22,24,28-30,33-34,40-46,50-51,55-61H,13-14,18,20,23H2,1-12H3;/q;+1/b16-15+,25-19+,26-22+,27-21+,31-17+;/t28-,29-,30+,33+,34+,40-,41+,42+,43+,44-,45+,46+,50-,51-;/m1./s1. The molecule has 3 aliphatic heterocycles. The van der Waals surface area contributed by atoms with E-state index in [0.717, 1.165) is 0 Å². The van der Waals surface area contributed by atoms with E-state index in [0.29, 0.717) is 23.1 Å². The molecule has 0 radical (unpaired) electrons. The Morgan fingerprint density at radius 2 is 1.56 bits per heavy atom. The second-order valence-corrected chi connectivity index (χ2v) is 20.1. The maximum atomic E-state index is 13.9. The normalized spacial score (nSPS) is 34.4. The Morgan fingerprint density at radius 3 is 2.15 bits per heavy atom. The number of carbonyl (C=O) groups excluding carboxylic acids is 3. The molecule has 18 nitrogen and oxygen atoms in total. The molecule has 3 heterocycles. The summed E-state index contributed by atoms with van der Waals surface area (Å²) in [5.41, 5.74) is 0.318. The molecule has 0 aliphatic carbocycles. The summed E-state index contributed by atoms with van der Waals surface area (Å²) in [6, 6.07) is 0. The molecule has 0 aromatic heterocycles. The topological polar surface area (TPSA) is 267 Å². The molecule has 404 valence electrons. The number of ether oxygens (including phenoxy) is 8. The van der Waals surface area contributed by atoms with E-state index in [2.05, 4.69) is 0 Å². The van der Waals surface area contributed by atoms with Crippen molar-refractivity contribution in [2.45, 2.75) is 187 Å². The fourth-order valence-corrected chi connectivity index (χ4v) is 9.16. The van der Waals surface area contributed by atoms with E-state index < -0.39 is 144 Å². The van der Waals surface area contributed by atoms with Crippen molar-refractivity contribution < 1.29 is 139 Å². The van der Waals surface area contributed by atoms with Crippen molar-refractivity contribution in [2.75, 3.05) is 13.7 Å². The van der Waals surface area contributed by atoms with Crippen molar-refractivity contribution in [3.8, 4) is 11.5 Å². The second kappa shape index (κ2) is 28.9. The molecular weight excluding hydrogens is 1020 g/mol. The zero-order valence-electron chi connectivity index (χ0n) is 44.0. The van der Waals surface area contributed by atoms with Gasteiger partial charge in [0.1, 0.15) is 46.7 Å².